The number of aromatic nitrogens is 3. The van der Waals surface area contributed by atoms with Crippen LogP contribution in [0.5, 0.6) is 6.01 Å². The van der Waals surface area contributed by atoms with E-state index in [1.54, 1.807) is 11.3 Å². The molecule has 0 unspecified atom stereocenters. The molecule has 0 spiro atoms. The molecule has 1 aliphatic rings. The summed E-state index contributed by atoms with van der Waals surface area (Å²) in [7, 11) is 0. The molecule has 0 amide bonds. The van der Waals surface area contributed by atoms with Crippen molar-refractivity contribution in [2.45, 2.75) is 25.9 Å². The van der Waals surface area contributed by atoms with E-state index in [1.165, 1.54) is 6.42 Å². The van der Waals surface area contributed by atoms with Gasteiger partial charge in [0.15, 0.2) is 0 Å². The van der Waals surface area contributed by atoms with Crippen molar-refractivity contribution in [2.75, 3.05) is 23.4 Å². The van der Waals surface area contributed by atoms with E-state index >= 15 is 0 Å². The Kier molecular flexibility index (Phi) is 4.46. The number of hydrazine groups is 1. The van der Waals surface area contributed by atoms with Gasteiger partial charge in [0.1, 0.15) is 6.61 Å². The number of nitrogens with two attached hydrogens (primary N) is 1. The number of nitrogens with one attached hydrogen (secondary N) is 1. The molecule has 0 radical (unpaired) electrons. The summed E-state index contributed by atoms with van der Waals surface area (Å²) in [6.45, 7) is 2.36. The van der Waals surface area contributed by atoms with Crippen LogP contribution in [0.4, 0.5) is 11.9 Å². The highest BCUT2D eigenvalue weighted by Gasteiger charge is 2.16. The van der Waals surface area contributed by atoms with Crippen LogP contribution >= 0.6 is 11.3 Å². The van der Waals surface area contributed by atoms with Crippen LogP contribution < -0.4 is 20.9 Å². The van der Waals surface area contributed by atoms with Crippen LogP contribution in [0.1, 0.15) is 24.1 Å². The summed E-state index contributed by atoms with van der Waals surface area (Å²) in [4.78, 5) is 16.1. The van der Waals surface area contributed by atoms with E-state index in [1.807, 2.05) is 17.5 Å². The van der Waals surface area contributed by atoms with E-state index < -0.39 is 0 Å². The molecule has 2 aromatic rings. The molecule has 8 heteroatoms. The molecule has 3 N–H and O–H groups in total. The molecule has 2 aromatic heterocycles. The molecular weight excluding hydrogens is 288 g/mol. The van der Waals surface area contributed by atoms with Gasteiger partial charge in [-0.05, 0) is 30.7 Å². The van der Waals surface area contributed by atoms with Gasteiger partial charge >= 0.3 is 6.01 Å². The molecule has 3 heterocycles. The van der Waals surface area contributed by atoms with Gasteiger partial charge in [-0.1, -0.05) is 6.07 Å². The predicted octanol–water partition coefficient (Wildman–Crippen LogP) is 1.79. The van der Waals surface area contributed by atoms with Gasteiger partial charge in [0.25, 0.3) is 0 Å². The van der Waals surface area contributed by atoms with Crippen LogP contribution in [-0.2, 0) is 6.61 Å². The minimum Gasteiger partial charge on any atom is -0.458 e. The minimum absolute atomic E-state index is 0.298. The summed E-state index contributed by atoms with van der Waals surface area (Å²) >= 11 is 1.64. The smallest absolute Gasteiger partial charge is 0.323 e. The Morgan fingerprint density at radius 3 is 2.81 bits per heavy atom. The third-order valence-electron chi connectivity index (χ3n) is 3.29. The fraction of sp³-hybridized carbons (Fsp3) is 0.462. The van der Waals surface area contributed by atoms with Crippen molar-refractivity contribution in [3.05, 3.63) is 22.4 Å². The summed E-state index contributed by atoms with van der Waals surface area (Å²) in [6.07, 6.45) is 3.57. The highest BCUT2D eigenvalue weighted by molar-refractivity contribution is 7.09. The largest absolute Gasteiger partial charge is 0.458 e. The predicted molar refractivity (Wildman–Crippen MR) is 82.4 cm³/mol. The summed E-state index contributed by atoms with van der Waals surface area (Å²) in [5, 5.41) is 2.01. The molecular formula is C13H18N6OS. The number of rotatable bonds is 5. The van der Waals surface area contributed by atoms with Crippen LogP contribution in [0.2, 0.25) is 0 Å². The second-order valence-corrected chi connectivity index (χ2v) is 5.83. The van der Waals surface area contributed by atoms with E-state index in [2.05, 4.69) is 25.3 Å². The third-order valence-corrected chi connectivity index (χ3v) is 4.14. The van der Waals surface area contributed by atoms with Crippen molar-refractivity contribution < 1.29 is 4.74 Å². The first kappa shape index (κ1) is 14.0. The molecule has 1 saturated heterocycles. The third kappa shape index (κ3) is 3.59. The second-order valence-electron chi connectivity index (χ2n) is 4.80. The maximum Gasteiger partial charge on any atom is 0.323 e. The normalized spacial score (nSPS) is 15.0. The highest BCUT2D eigenvalue weighted by Crippen LogP contribution is 2.20. The van der Waals surface area contributed by atoms with Gasteiger partial charge in [0.05, 0.1) is 0 Å². The van der Waals surface area contributed by atoms with Crippen molar-refractivity contribution in [2.24, 2.45) is 5.84 Å². The molecule has 112 valence electrons. The molecule has 21 heavy (non-hydrogen) atoms. The first-order chi connectivity index (χ1) is 10.3. The Hall–Kier alpha value is -1.93. The minimum atomic E-state index is 0.298. The van der Waals surface area contributed by atoms with E-state index in [4.69, 9.17) is 10.6 Å². The maximum absolute atomic E-state index is 5.65. The first-order valence-corrected chi connectivity index (χ1v) is 7.86. The Morgan fingerprint density at radius 1 is 1.24 bits per heavy atom. The van der Waals surface area contributed by atoms with Crippen LogP contribution in [0.15, 0.2) is 17.5 Å². The zero-order chi connectivity index (χ0) is 14.5. The van der Waals surface area contributed by atoms with Gasteiger partial charge in [0, 0.05) is 18.0 Å². The summed E-state index contributed by atoms with van der Waals surface area (Å²) in [6, 6.07) is 4.30. The number of nitrogens with zero attached hydrogens (tertiary/aromatic N) is 4. The Labute approximate surface area is 127 Å². The number of hydrogen-bond donors (Lipinski definition) is 2. The second kappa shape index (κ2) is 6.68. The fourth-order valence-corrected chi connectivity index (χ4v) is 2.86. The van der Waals surface area contributed by atoms with Crippen molar-refractivity contribution in [3.63, 3.8) is 0 Å². The van der Waals surface area contributed by atoms with Crippen LogP contribution in [0.25, 0.3) is 0 Å². The quantitative estimate of drug-likeness (QED) is 0.643. The summed E-state index contributed by atoms with van der Waals surface area (Å²) in [5.41, 5.74) is 2.47. The molecule has 1 aliphatic heterocycles. The average molecular weight is 306 g/mol. The van der Waals surface area contributed by atoms with Gasteiger partial charge < -0.3 is 9.64 Å². The lowest BCUT2D eigenvalue weighted by atomic mass is 10.1. The number of hydrogen-bond acceptors (Lipinski definition) is 8. The van der Waals surface area contributed by atoms with Gasteiger partial charge in [-0.3, -0.25) is 5.43 Å². The lowest BCUT2D eigenvalue weighted by molar-refractivity contribution is 0.283. The fourth-order valence-electron chi connectivity index (χ4n) is 2.24. The van der Waals surface area contributed by atoms with E-state index in [0.29, 0.717) is 24.5 Å². The number of anilines is 2. The topological polar surface area (TPSA) is 89.2 Å². The van der Waals surface area contributed by atoms with Crippen molar-refractivity contribution in [3.8, 4) is 6.01 Å². The lowest BCUT2D eigenvalue weighted by Crippen LogP contribution is -2.31. The molecule has 3 rings (SSSR count). The molecule has 7 nitrogen and oxygen atoms in total. The van der Waals surface area contributed by atoms with Crippen LogP contribution in [-0.4, -0.2) is 28.0 Å². The molecule has 1 fully saturated rings. The SMILES string of the molecule is NNc1nc(OCc2cccs2)nc(N2CCCCC2)n1. The lowest BCUT2D eigenvalue weighted by Gasteiger charge is -2.26. The van der Waals surface area contributed by atoms with E-state index in [9.17, 15) is 0 Å². The van der Waals surface area contributed by atoms with E-state index in [-0.39, 0.29) is 0 Å². The van der Waals surface area contributed by atoms with Gasteiger partial charge in [-0.25, -0.2) is 5.84 Å². The van der Waals surface area contributed by atoms with Crippen molar-refractivity contribution >= 4 is 23.2 Å². The number of ether oxygens (including phenoxy) is 1. The molecule has 0 atom stereocenters. The zero-order valence-electron chi connectivity index (χ0n) is 11.7. The van der Waals surface area contributed by atoms with E-state index in [0.717, 1.165) is 30.8 Å². The molecule has 0 saturated carbocycles. The average Bonchev–Trinajstić information content (AvgIpc) is 3.07. The Bertz CT molecular complexity index is 570. The highest BCUT2D eigenvalue weighted by atomic mass is 32.1. The first-order valence-electron chi connectivity index (χ1n) is 6.98. The Balaban J connectivity index is 1.75. The van der Waals surface area contributed by atoms with Gasteiger partial charge in [-0.15, -0.1) is 11.3 Å². The van der Waals surface area contributed by atoms with Crippen LogP contribution in [0, 0.1) is 0 Å². The monoisotopic (exact) mass is 306 g/mol. The molecule has 0 bridgehead atoms. The summed E-state index contributed by atoms with van der Waals surface area (Å²) in [5.74, 6) is 6.38. The van der Waals surface area contributed by atoms with Gasteiger partial charge in [-0.2, -0.15) is 15.0 Å². The number of nitrogen functional groups attached to an aromatic ring is 1. The summed E-state index contributed by atoms with van der Waals surface area (Å²) < 4.78 is 5.65. The zero-order valence-corrected chi connectivity index (χ0v) is 12.5. The van der Waals surface area contributed by atoms with Crippen molar-refractivity contribution in [1.29, 1.82) is 0 Å². The van der Waals surface area contributed by atoms with Crippen LogP contribution in [0.3, 0.4) is 0 Å². The van der Waals surface area contributed by atoms with Gasteiger partial charge in [0.2, 0.25) is 11.9 Å². The number of thiophene rings is 1. The Morgan fingerprint density at radius 2 is 2.10 bits per heavy atom. The number of piperidine rings is 1. The molecule has 0 aliphatic carbocycles. The van der Waals surface area contributed by atoms with Crippen molar-refractivity contribution in [1.82, 2.24) is 15.0 Å². The standard InChI is InChI=1S/C13H18N6OS/c14-18-11-15-12(19-6-2-1-3-7-19)17-13(16-11)20-9-10-5-4-8-21-10/h4-5,8H,1-3,6-7,9,14H2,(H,15,16,17,18). The molecule has 0 aromatic carbocycles. The maximum atomic E-state index is 5.65.